The highest BCUT2D eigenvalue weighted by atomic mass is 16.5. The molecular weight excluding hydrogens is 288 g/mol. The zero-order chi connectivity index (χ0) is 15.9. The van der Waals surface area contributed by atoms with Crippen LogP contribution in [-0.2, 0) is 6.61 Å². The predicted molar refractivity (Wildman–Crippen MR) is 90.1 cm³/mol. The number of rotatable bonds is 6. The zero-order valence-electron chi connectivity index (χ0n) is 13.2. The van der Waals surface area contributed by atoms with Crippen LogP contribution in [0.1, 0.15) is 48.0 Å². The Hall–Kier alpha value is -2.29. The quantitative estimate of drug-likeness (QED) is 0.720. The van der Waals surface area contributed by atoms with Gasteiger partial charge in [-0.2, -0.15) is 0 Å². The molecule has 0 aliphatic heterocycles. The van der Waals surface area contributed by atoms with Gasteiger partial charge in [0.05, 0.1) is 6.10 Å². The molecule has 0 bridgehead atoms. The molecule has 0 amide bonds. The molecule has 2 aromatic rings. The molecule has 1 aliphatic rings. The smallest absolute Gasteiger partial charge is 0.150 e. The van der Waals surface area contributed by atoms with E-state index in [1.165, 1.54) is 32.1 Å². The number of hydrogen-bond donors (Lipinski definition) is 0. The fraction of sp³-hybridized carbons (Fsp3) is 0.350. The van der Waals surface area contributed by atoms with E-state index in [0.717, 1.165) is 23.3 Å². The second-order valence-electron chi connectivity index (χ2n) is 6.00. The summed E-state index contributed by atoms with van der Waals surface area (Å²) in [6, 6.07) is 15.2. The Labute approximate surface area is 137 Å². The predicted octanol–water partition coefficient (Wildman–Crippen LogP) is 4.79. The standard InChI is InChI=1S/C20H22O3/c21-14-16-6-10-18(11-7-16)22-15-17-8-12-20(13-9-17)23-19-4-2-1-3-5-19/h6-14,19H,1-5,15H2. The van der Waals surface area contributed by atoms with Crippen molar-refractivity contribution in [2.45, 2.75) is 44.8 Å². The maximum atomic E-state index is 10.6. The SMILES string of the molecule is O=Cc1ccc(OCc2ccc(OC3CCCCC3)cc2)cc1. The van der Waals surface area contributed by atoms with E-state index in [2.05, 4.69) is 0 Å². The maximum absolute atomic E-state index is 10.6. The summed E-state index contributed by atoms with van der Waals surface area (Å²) in [5.41, 5.74) is 1.75. The van der Waals surface area contributed by atoms with Gasteiger partial charge in [0.15, 0.2) is 0 Å². The average molecular weight is 310 g/mol. The Morgan fingerprint density at radius 3 is 2.17 bits per heavy atom. The zero-order valence-corrected chi connectivity index (χ0v) is 13.2. The number of benzene rings is 2. The van der Waals surface area contributed by atoms with Crippen molar-refractivity contribution in [1.82, 2.24) is 0 Å². The molecule has 1 aliphatic carbocycles. The van der Waals surface area contributed by atoms with Crippen LogP contribution in [0.4, 0.5) is 0 Å². The Morgan fingerprint density at radius 1 is 0.870 bits per heavy atom. The molecule has 1 saturated carbocycles. The third kappa shape index (κ3) is 4.59. The van der Waals surface area contributed by atoms with Crippen molar-refractivity contribution in [3.05, 3.63) is 59.7 Å². The molecule has 3 rings (SSSR count). The molecule has 0 spiro atoms. The fourth-order valence-corrected chi connectivity index (χ4v) is 2.85. The Bertz CT molecular complexity index is 610. The van der Waals surface area contributed by atoms with Crippen molar-refractivity contribution >= 4 is 6.29 Å². The number of carbonyl (C=O) groups excluding carboxylic acids is 1. The van der Waals surface area contributed by atoms with Crippen LogP contribution in [0.25, 0.3) is 0 Å². The van der Waals surface area contributed by atoms with E-state index < -0.39 is 0 Å². The highest BCUT2D eigenvalue weighted by Gasteiger charge is 2.14. The number of hydrogen-bond acceptors (Lipinski definition) is 3. The van der Waals surface area contributed by atoms with Gasteiger partial charge in [-0.05, 0) is 67.6 Å². The highest BCUT2D eigenvalue weighted by molar-refractivity contribution is 5.74. The molecule has 23 heavy (non-hydrogen) atoms. The molecule has 0 heterocycles. The first-order chi connectivity index (χ1) is 11.3. The molecule has 3 heteroatoms. The highest BCUT2D eigenvalue weighted by Crippen LogP contribution is 2.24. The van der Waals surface area contributed by atoms with Gasteiger partial charge in [-0.1, -0.05) is 18.6 Å². The van der Waals surface area contributed by atoms with Gasteiger partial charge >= 0.3 is 0 Å². The first-order valence-electron chi connectivity index (χ1n) is 8.27. The van der Waals surface area contributed by atoms with Crippen molar-refractivity contribution in [3.8, 4) is 11.5 Å². The molecule has 2 aromatic carbocycles. The lowest BCUT2D eigenvalue weighted by atomic mass is 9.98. The maximum Gasteiger partial charge on any atom is 0.150 e. The normalized spacial score (nSPS) is 15.1. The van der Waals surface area contributed by atoms with Gasteiger partial charge in [0.25, 0.3) is 0 Å². The van der Waals surface area contributed by atoms with Crippen molar-refractivity contribution < 1.29 is 14.3 Å². The minimum absolute atomic E-state index is 0.377. The van der Waals surface area contributed by atoms with Crippen LogP contribution >= 0.6 is 0 Å². The molecule has 0 unspecified atom stereocenters. The van der Waals surface area contributed by atoms with E-state index in [1.54, 1.807) is 12.1 Å². The lowest BCUT2D eigenvalue weighted by molar-refractivity contribution is 0.112. The summed E-state index contributed by atoms with van der Waals surface area (Å²) in [6.07, 6.45) is 7.43. The van der Waals surface area contributed by atoms with Crippen LogP contribution in [0.5, 0.6) is 11.5 Å². The van der Waals surface area contributed by atoms with E-state index in [-0.39, 0.29) is 0 Å². The van der Waals surface area contributed by atoms with Crippen LogP contribution in [-0.4, -0.2) is 12.4 Å². The van der Waals surface area contributed by atoms with E-state index in [0.29, 0.717) is 18.3 Å². The summed E-state index contributed by atoms with van der Waals surface area (Å²) < 4.78 is 11.7. The number of aldehydes is 1. The average Bonchev–Trinajstić information content (AvgIpc) is 2.62. The largest absolute Gasteiger partial charge is 0.490 e. The van der Waals surface area contributed by atoms with E-state index in [9.17, 15) is 4.79 Å². The van der Waals surface area contributed by atoms with Gasteiger partial charge in [-0.25, -0.2) is 0 Å². The number of carbonyl (C=O) groups is 1. The molecule has 0 radical (unpaired) electrons. The van der Waals surface area contributed by atoms with Gasteiger partial charge in [0.1, 0.15) is 24.4 Å². The summed E-state index contributed by atoms with van der Waals surface area (Å²) in [5, 5.41) is 0. The third-order valence-corrected chi connectivity index (χ3v) is 4.20. The van der Waals surface area contributed by atoms with Gasteiger partial charge in [-0.15, -0.1) is 0 Å². The van der Waals surface area contributed by atoms with E-state index in [1.807, 2.05) is 36.4 Å². The van der Waals surface area contributed by atoms with Crippen molar-refractivity contribution in [2.24, 2.45) is 0 Å². The van der Waals surface area contributed by atoms with Crippen molar-refractivity contribution in [1.29, 1.82) is 0 Å². The Kier molecular flexibility index (Phi) is 5.30. The van der Waals surface area contributed by atoms with E-state index >= 15 is 0 Å². The Balaban J connectivity index is 1.51. The summed E-state index contributed by atoms with van der Waals surface area (Å²) in [5.74, 6) is 1.70. The van der Waals surface area contributed by atoms with Crippen LogP contribution < -0.4 is 9.47 Å². The van der Waals surface area contributed by atoms with Gasteiger partial charge < -0.3 is 9.47 Å². The van der Waals surface area contributed by atoms with Crippen LogP contribution in [0.3, 0.4) is 0 Å². The minimum Gasteiger partial charge on any atom is -0.490 e. The minimum atomic E-state index is 0.377. The molecule has 3 nitrogen and oxygen atoms in total. The van der Waals surface area contributed by atoms with Gasteiger partial charge in [-0.3, -0.25) is 4.79 Å². The molecule has 1 fully saturated rings. The van der Waals surface area contributed by atoms with Crippen molar-refractivity contribution in [3.63, 3.8) is 0 Å². The second kappa shape index (κ2) is 7.82. The summed E-state index contributed by atoms with van der Waals surface area (Å²) in [7, 11) is 0. The van der Waals surface area contributed by atoms with E-state index in [4.69, 9.17) is 9.47 Å². The molecule has 0 aromatic heterocycles. The molecule has 0 N–H and O–H groups in total. The summed E-state index contributed by atoms with van der Waals surface area (Å²) in [4.78, 5) is 10.6. The molecule has 0 atom stereocenters. The topological polar surface area (TPSA) is 35.5 Å². The summed E-state index contributed by atoms with van der Waals surface area (Å²) >= 11 is 0. The molecule has 0 saturated heterocycles. The number of ether oxygens (including phenoxy) is 2. The van der Waals surface area contributed by atoms with Crippen LogP contribution in [0, 0.1) is 0 Å². The van der Waals surface area contributed by atoms with Crippen molar-refractivity contribution in [2.75, 3.05) is 0 Å². The van der Waals surface area contributed by atoms with Gasteiger partial charge in [0.2, 0.25) is 0 Å². The third-order valence-electron chi connectivity index (χ3n) is 4.20. The van der Waals surface area contributed by atoms with Crippen LogP contribution in [0.2, 0.25) is 0 Å². The summed E-state index contributed by atoms with van der Waals surface area (Å²) in [6.45, 7) is 0.504. The molecular formula is C20H22O3. The Morgan fingerprint density at radius 2 is 1.52 bits per heavy atom. The first-order valence-corrected chi connectivity index (χ1v) is 8.27. The first kappa shape index (κ1) is 15.6. The fourth-order valence-electron chi connectivity index (χ4n) is 2.85. The second-order valence-corrected chi connectivity index (χ2v) is 6.00. The van der Waals surface area contributed by atoms with Crippen LogP contribution in [0.15, 0.2) is 48.5 Å². The molecule has 120 valence electrons. The lowest BCUT2D eigenvalue weighted by Gasteiger charge is -2.23. The lowest BCUT2D eigenvalue weighted by Crippen LogP contribution is -2.19. The monoisotopic (exact) mass is 310 g/mol. The van der Waals surface area contributed by atoms with Gasteiger partial charge in [0, 0.05) is 5.56 Å².